The van der Waals surface area contributed by atoms with E-state index in [0.717, 1.165) is 0 Å². The van der Waals surface area contributed by atoms with Gasteiger partial charge in [-0.1, -0.05) is 0 Å². The first-order valence-electron chi connectivity index (χ1n) is 4.23. The Morgan fingerprint density at radius 1 is 1.46 bits per heavy atom. The summed E-state index contributed by atoms with van der Waals surface area (Å²) in [7, 11) is -3.37. The van der Waals surface area contributed by atoms with Crippen molar-refractivity contribution >= 4 is 10.0 Å². The number of aliphatic hydroxyl groups is 1. The third-order valence-electron chi connectivity index (χ3n) is 1.57. The van der Waals surface area contributed by atoms with Gasteiger partial charge in [0.1, 0.15) is 0 Å². The van der Waals surface area contributed by atoms with Crippen molar-refractivity contribution < 1.29 is 13.5 Å². The van der Waals surface area contributed by atoms with Gasteiger partial charge < -0.3 is 10.4 Å². The van der Waals surface area contributed by atoms with Crippen molar-refractivity contribution in [1.29, 1.82) is 0 Å². The molecule has 0 radical (unpaired) electrons. The van der Waals surface area contributed by atoms with E-state index >= 15 is 0 Å². The summed E-state index contributed by atoms with van der Waals surface area (Å²) in [6.07, 6.45) is 0.224. The lowest BCUT2D eigenvalue weighted by molar-refractivity contribution is 0.171. The van der Waals surface area contributed by atoms with E-state index in [1.54, 1.807) is 6.92 Å². The van der Waals surface area contributed by atoms with Crippen LogP contribution in [0.5, 0.6) is 0 Å². The van der Waals surface area contributed by atoms with E-state index in [4.69, 9.17) is 10.2 Å². The molecule has 0 fully saturated rings. The highest BCUT2D eigenvalue weighted by molar-refractivity contribution is 7.89. The van der Waals surface area contributed by atoms with Crippen LogP contribution in [0.25, 0.3) is 0 Å². The number of rotatable bonds is 6. The highest BCUT2D eigenvalue weighted by Crippen LogP contribution is 1.95. The maximum absolute atomic E-state index is 10.5. The number of hydrogen-bond acceptors (Lipinski definition) is 4. The van der Waals surface area contributed by atoms with Crippen molar-refractivity contribution in [3.8, 4) is 0 Å². The van der Waals surface area contributed by atoms with Gasteiger partial charge in [0.2, 0.25) is 10.0 Å². The van der Waals surface area contributed by atoms with E-state index < -0.39 is 10.0 Å². The van der Waals surface area contributed by atoms with Gasteiger partial charge in [-0.2, -0.15) is 0 Å². The Labute approximate surface area is 79.4 Å². The second-order valence-corrected chi connectivity index (χ2v) is 5.04. The van der Waals surface area contributed by atoms with E-state index in [1.807, 2.05) is 6.92 Å². The molecule has 0 amide bonds. The number of nitrogens with two attached hydrogens (primary N) is 1. The minimum Gasteiger partial charge on any atom is -0.393 e. The molecule has 0 heterocycles. The standard InChI is InChI=1S/C7H18N2O3S/c1-6(5-7(2)10)9-3-4-13(8,11)12/h6-7,9-10H,3-5H2,1-2H3,(H2,8,11,12). The van der Waals surface area contributed by atoms with Crippen molar-refractivity contribution in [3.05, 3.63) is 0 Å². The van der Waals surface area contributed by atoms with Crippen molar-refractivity contribution in [2.75, 3.05) is 12.3 Å². The van der Waals surface area contributed by atoms with Crippen LogP contribution in [0.2, 0.25) is 0 Å². The van der Waals surface area contributed by atoms with Gasteiger partial charge in [-0.15, -0.1) is 0 Å². The highest BCUT2D eigenvalue weighted by Gasteiger charge is 2.07. The maximum Gasteiger partial charge on any atom is 0.210 e. The van der Waals surface area contributed by atoms with Gasteiger partial charge in [0, 0.05) is 12.6 Å². The molecule has 0 saturated heterocycles. The zero-order valence-corrected chi connectivity index (χ0v) is 8.84. The predicted molar refractivity (Wildman–Crippen MR) is 51.7 cm³/mol. The average molecular weight is 210 g/mol. The number of primary sulfonamides is 1. The van der Waals surface area contributed by atoms with Crippen LogP contribution in [-0.4, -0.2) is 38.0 Å². The van der Waals surface area contributed by atoms with E-state index in [1.165, 1.54) is 0 Å². The van der Waals surface area contributed by atoms with Crippen LogP contribution >= 0.6 is 0 Å². The molecule has 0 aliphatic heterocycles. The summed E-state index contributed by atoms with van der Waals surface area (Å²) in [5.74, 6) is -0.0723. The van der Waals surface area contributed by atoms with Crippen LogP contribution in [0, 0.1) is 0 Å². The molecule has 4 N–H and O–H groups in total. The Morgan fingerprint density at radius 2 is 2.00 bits per heavy atom. The number of nitrogens with one attached hydrogen (secondary N) is 1. The third kappa shape index (κ3) is 9.75. The number of sulfonamides is 1. The normalized spacial score (nSPS) is 16.9. The number of hydrogen-bond donors (Lipinski definition) is 3. The topological polar surface area (TPSA) is 92.4 Å². The molecule has 2 unspecified atom stereocenters. The fourth-order valence-electron chi connectivity index (χ4n) is 1.04. The highest BCUT2D eigenvalue weighted by atomic mass is 32.2. The number of aliphatic hydroxyl groups excluding tert-OH is 1. The van der Waals surface area contributed by atoms with Crippen LogP contribution in [-0.2, 0) is 10.0 Å². The molecule has 2 atom stereocenters. The molecule has 0 saturated carbocycles. The van der Waals surface area contributed by atoms with Crippen LogP contribution in [0.1, 0.15) is 20.3 Å². The molecule has 0 spiro atoms. The fraction of sp³-hybridized carbons (Fsp3) is 1.00. The summed E-state index contributed by atoms with van der Waals surface area (Å²) in [6, 6.07) is 0.0988. The summed E-state index contributed by atoms with van der Waals surface area (Å²) in [4.78, 5) is 0. The first-order valence-corrected chi connectivity index (χ1v) is 5.94. The zero-order valence-electron chi connectivity index (χ0n) is 8.03. The SMILES string of the molecule is CC(O)CC(C)NCCS(N)(=O)=O. The van der Waals surface area contributed by atoms with Crippen molar-refractivity contribution in [1.82, 2.24) is 5.32 Å². The molecule has 5 nitrogen and oxygen atoms in total. The molecule has 0 bridgehead atoms. The fourth-order valence-corrected chi connectivity index (χ4v) is 1.44. The van der Waals surface area contributed by atoms with Crippen LogP contribution < -0.4 is 10.5 Å². The van der Waals surface area contributed by atoms with Gasteiger partial charge in [-0.25, -0.2) is 13.6 Å². The van der Waals surface area contributed by atoms with Crippen LogP contribution in [0.15, 0.2) is 0 Å². The third-order valence-corrected chi connectivity index (χ3v) is 2.35. The lowest BCUT2D eigenvalue weighted by atomic mass is 10.1. The van der Waals surface area contributed by atoms with Gasteiger partial charge in [0.25, 0.3) is 0 Å². The lowest BCUT2D eigenvalue weighted by Gasteiger charge is -2.14. The Kier molecular flexibility index (Phi) is 5.46. The molecule has 80 valence electrons. The molecule has 0 aromatic carbocycles. The molecule has 0 rings (SSSR count). The second-order valence-electron chi connectivity index (χ2n) is 3.31. The molecule has 13 heavy (non-hydrogen) atoms. The molecule has 0 aliphatic carbocycles. The minimum absolute atomic E-state index is 0.0723. The molecule has 6 heteroatoms. The Bertz CT molecular complexity index is 226. The van der Waals surface area contributed by atoms with Gasteiger partial charge in [-0.3, -0.25) is 0 Å². The largest absolute Gasteiger partial charge is 0.393 e. The molecule has 0 aliphatic rings. The van der Waals surface area contributed by atoms with Gasteiger partial charge in [0.05, 0.1) is 11.9 Å². The van der Waals surface area contributed by atoms with E-state index in [0.29, 0.717) is 13.0 Å². The van der Waals surface area contributed by atoms with E-state index in [2.05, 4.69) is 5.32 Å². The summed E-state index contributed by atoms with van der Waals surface area (Å²) >= 11 is 0. The Balaban J connectivity index is 3.54. The summed E-state index contributed by atoms with van der Waals surface area (Å²) in [5, 5.41) is 16.8. The predicted octanol–water partition coefficient (Wildman–Crippen LogP) is -0.976. The van der Waals surface area contributed by atoms with Crippen LogP contribution in [0.4, 0.5) is 0 Å². The van der Waals surface area contributed by atoms with Crippen molar-refractivity contribution in [2.24, 2.45) is 5.14 Å². The van der Waals surface area contributed by atoms with Crippen LogP contribution in [0.3, 0.4) is 0 Å². The molecule has 0 aromatic rings. The molecular formula is C7H18N2O3S. The monoisotopic (exact) mass is 210 g/mol. The molecular weight excluding hydrogens is 192 g/mol. The summed E-state index contributed by atoms with van der Waals surface area (Å²) in [6.45, 7) is 3.90. The quantitative estimate of drug-likeness (QED) is 0.525. The average Bonchev–Trinajstić information content (AvgIpc) is 1.81. The van der Waals surface area contributed by atoms with E-state index in [-0.39, 0.29) is 17.9 Å². The van der Waals surface area contributed by atoms with Gasteiger partial charge in [-0.05, 0) is 20.3 Å². The Morgan fingerprint density at radius 3 is 2.38 bits per heavy atom. The van der Waals surface area contributed by atoms with Gasteiger partial charge in [0.15, 0.2) is 0 Å². The van der Waals surface area contributed by atoms with Gasteiger partial charge >= 0.3 is 0 Å². The van der Waals surface area contributed by atoms with Crippen molar-refractivity contribution in [2.45, 2.75) is 32.4 Å². The first kappa shape index (κ1) is 12.8. The lowest BCUT2D eigenvalue weighted by Crippen LogP contribution is -2.34. The first-order chi connectivity index (χ1) is 5.81. The maximum atomic E-state index is 10.5. The smallest absolute Gasteiger partial charge is 0.210 e. The molecule has 0 aromatic heterocycles. The van der Waals surface area contributed by atoms with E-state index in [9.17, 15) is 8.42 Å². The zero-order chi connectivity index (χ0) is 10.5. The summed E-state index contributed by atoms with van der Waals surface area (Å²) in [5.41, 5.74) is 0. The Hall–Kier alpha value is -0.170. The second kappa shape index (κ2) is 5.54. The minimum atomic E-state index is -3.37. The van der Waals surface area contributed by atoms with Crippen molar-refractivity contribution in [3.63, 3.8) is 0 Å². The summed E-state index contributed by atoms with van der Waals surface area (Å²) < 4.78 is 21.0.